The number of amides is 4. The van der Waals surface area contributed by atoms with E-state index in [0.29, 0.717) is 11.3 Å². The van der Waals surface area contributed by atoms with Crippen molar-refractivity contribution in [3.8, 4) is 5.75 Å². The van der Waals surface area contributed by atoms with E-state index in [-0.39, 0.29) is 24.3 Å². The molecule has 1 saturated carbocycles. The summed E-state index contributed by atoms with van der Waals surface area (Å²) in [6.07, 6.45) is 1.72. The molecule has 7 nitrogen and oxygen atoms in total. The number of hydrogen-bond acceptors (Lipinski definition) is 5. The third-order valence-corrected chi connectivity index (χ3v) is 10.4. The van der Waals surface area contributed by atoms with Gasteiger partial charge in [-0.2, -0.15) is 0 Å². The molecule has 2 aliphatic carbocycles. The van der Waals surface area contributed by atoms with Gasteiger partial charge < -0.3 is 5.11 Å². The minimum Gasteiger partial charge on any atom is -0.505 e. The molecule has 6 rings (SSSR count). The highest BCUT2D eigenvalue weighted by molar-refractivity contribution is 9.10. The van der Waals surface area contributed by atoms with Gasteiger partial charge in [-0.3, -0.25) is 29.0 Å². The zero-order chi connectivity index (χ0) is 27.3. The molecule has 3 fully saturated rings. The van der Waals surface area contributed by atoms with E-state index < -0.39 is 62.7 Å². The van der Waals surface area contributed by atoms with Crippen LogP contribution in [-0.4, -0.2) is 50.4 Å². The summed E-state index contributed by atoms with van der Waals surface area (Å²) in [6.45, 7) is 0. The van der Waals surface area contributed by atoms with Crippen LogP contribution >= 0.6 is 39.1 Å². The molecule has 2 aromatic carbocycles. The number of halogens is 4. The Balaban J connectivity index is 1.53. The van der Waals surface area contributed by atoms with E-state index in [4.69, 9.17) is 23.2 Å². The number of nitrogens with zero attached hydrogens (tertiary/aromatic N) is 2. The number of anilines is 1. The van der Waals surface area contributed by atoms with Crippen molar-refractivity contribution in [2.24, 2.45) is 17.8 Å². The van der Waals surface area contributed by atoms with Crippen molar-refractivity contribution in [2.45, 2.75) is 28.5 Å². The van der Waals surface area contributed by atoms with Gasteiger partial charge in [0.15, 0.2) is 21.3 Å². The van der Waals surface area contributed by atoms with Crippen LogP contribution in [0.5, 0.6) is 5.75 Å². The number of hydrogen-bond donors (Lipinski definition) is 1. The molecule has 4 amide bonds. The lowest BCUT2D eigenvalue weighted by molar-refractivity contribution is -0.138. The molecule has 2 aromatic rings. The first-order valence-corrected chi connectivity index (χ1v) is 13.5. The summed E-state index contributed by atoms with van der Waals surface area (Å²) in [5.74, 6) is -7.58. The number of fused-ring (bicyclic) bond motifs is 4. The monoisotopic (exact) mass is 620 g/mol. The molecular weight excluding hydrogens is 602 g/mol. The standard InChI is InChI=1S/C27H20BrCl2FN2O5/c1-32-24(37)26(29)11-17-14(20(27(26,30)25(32)38)16-3-2-4-18(31)21(16)34)9-10-15-19(17)23(36)33(22(15)35)13-7-5-12(28)6-8-13/h2-9,15,17,19-20,34H,10-11H2,1H3/t15-,17+,19-,20+,26+,27-/m0/s1. The van der Waals surface area contributed by atoms with E-state index in [1.807, 2.05) is 0 Å². The molecule has 0 spiro atoms. The number of imide groups is 2. The summed E-state index contributed by atoms with van der Waals surface area (Å²) in [4.78, 5) is 52.1. The Labute approximate surface area is 235 Å². The Bertz CT molecular complexity index is 1480. The van der Waals surface area contributed by atoms with Gasteiger partial charge in [0.05, 0.1) is 17.5 Å². The normalized spacial score (nSPS) is 34.3. The van der Waals surface area contributed by atoms with Crippen LogP contribution in [0.15, 0.2) is 58.6 Å². The highest BCUT2D eigenvalue weighted by atomic mass is 79.9. The number of alkyl halides is 2. The number of phenols is 1. The largest absolute Gasteiger partial charge is 0.505 e. The van der Waals surface area contributed by atoms with Gasteiger partial charge in [-0.05, 0) is 49.1 Å². The van der Waals surface area contributed by atoms with E-state index >= 15 is 0 Å². The van der Waals surface area contributed by atoms with Crippen LogP contribution in [0.25, 0.3) is 0 Å². The highest BCUT2D eigenvalue weighted by Gasteiger charge is 2.76. The van der Waals surface area contributed by atoms with Crippen LogP contribution in [0.3, 0.4) is 0 Å². The van der Waals surface area contributed by atoms with Gasteiger partial charge in [-0.25, -0.2) is 4.39 Å². The smallest absolute Gasteiger partial charge is 0.253 e. The van der Waals surface area contributed by atoms with Crippen molar-refractivity contribution in [1.82, 2.24) is 4.90 Å². The van der Waals surface area contributed by atoms with Gasteiger partial charge in [-0.1, -0.05) is 39.7 Å². The van der Waals surface area contributed by atoms with Crippen LogP contribution in [0, 0.1) is 23.6 Å². The average molecular weight is 622 g/mol. The van der Waals surface area contributed by atoms with E-state index in [9.17, 15) is 28.7 Å². The summed E-state index contributed by atoms with van der Waals surface area (Å²) in [7, 11) is 1.26. The number of carbonyl (C=O) groups excluding carboxylic acids is 4. The lowest BCUT2D eigenvalue weighted by atomic mass is 9.56. The Morgan fingerprint density at radius 3 is 2.37 bits per heavy atom. The molecule has 2 aliphatic heterocycles. The van der Waals surface area contributed by atoms with Gasteiger partial charge in [0, 0.05) is 23.0 Å². The average Bonchev–Trinajstić information content (AvgIpc) is 3.22. The molecule has 11 heteroatoms. The van der Waals surface area contributed by atoms with E-state index in [2.05, 4.69) is 15.9 Å². The second-order valence-corrected chi connectivity index (χ2v) is 12.3. The van der Waals surface area contributed by atoms with Gasteiger partial charge in [0.2, 0.25) is 11.8 Å². The molecule has 0 unspecified atom stereocenters. The van der Waals surface area contributed by atoms with Gasteiger partial charge in [-0.15, -0.1) is 23.2 Å². The summed E-state index contributed by atoms with van der Waals surface area (Å²) in [6, 6.07) is 10.6. The SMILES string of the molecule is CN1C(=O)[C@]2(Cl)C[C@@H]3C(=CC[C@@H]4C(=O)N(c5ccc(Br)cc5)C(=O)[C@@H]43)[C@H](c3cccc(F)c3O)[C@]2(Cl)C1=O. The van der Waals surface area contributed by atoms with Crippen molar-refractivity contribution in [2.75, 3.05) is 11.9 Å². The number of carbonyl (C=O) groups is 4. The maximum Gasteiger partial charge on any atom is 0.253 e. The van der Waals surface area contributed by atoms with Crippen LogP contribution < -0.4 is 4.90 Å². The van der Waals surface area contributed by atoms with Crippen molar-refractivity contribution in [3.63, 3.8) is 0 Å². The number of phenolic OH excluding ortho intramolecular Hbond substituents is 1. The van der Waals surface area contributed by atoms with Crippen LogP contribution in [0.2, 0.25) is 0 Å². The van der Waals surface area contributed by atoms with Gasteiger partial charge in [0.1, 0.15) is 0 Å². The van der Waals surface area contributed by atoms with Crippen molar-refractivity contribution in [1.29, 1.82) is 0 Å². The van der Waals surface area contributed by atoms with Gasteiger partial charge >= 0.3 is 0 Å². The number of para-hydroxylation sites is 1. The minimum absolute atomic E-state index is 0.0163. The maximum atomic E-state index is 14.6. The number of allylic oxidation sites excluding steroid dienone is 2. The number of rotatable bonds is 2. The third kappa shape index (κ3) is 3.06. The van der Waals surface area contributed by atoms with E-state index in [0.717, 1.165) is 20.3 Å². The molecule has 0 aromatic heterocycles. The Hall–Kier alpha value is -2.75. The highest BCUT2D eigenvalue weighted by Crippen LogP contribution is 2.66. The van der Waals surface area contributed by atoms with Crippen LogP contribution in [-0.2, 0) is 19.2 Å². The molecule has 6 atom stereocenters. The first-order valence-electron chi connectivity index (χ1n) is 11.9. The van der Waals surface area contributed by atoms with Crippen LogP contribution in [0.4, 0.5) is 10.1 Å². The van der Waals surface area contributed by atoms with Gasteiger partial charge in [0.25, 0.3) is 11.8 Å². The molecule has 1 N–H and O–H groups in total. The molecule has 4 aliphatic rings. The number of aromatic hydroxyl groups is 1. The first-order chi connectivity index (χ1) is 17.9. The topological polar surface area (TPSA) is 95.0 Å². The number of benzene rings is 2. The zero-order valence-electron chi connectivity index (χ0n) is 19.8. The zero-order valence-corrected chi connectivity index (χ0v) is 22.9. The predicted molar refractivity (Wildman–Crippen MR) is 140 cm³/mol. The summed E-state index contributed by atoms with van der Waals surface area (Å²) in [5, 5.41) is 10.7. The fourth-order valence-corrected chi connectivity index (χ4v) is 7.97. The van der Waals surface area contributed by atoms with E-state index in [1.165, 1.54) is 19.2 Å². The van der Waals surface area contributed by atoms with Crippen LogP contribution in [0.1, 0.15) is 24.3 Å². The molecule has 38 heavy (non-hydrogen) atoms. The molecule has 0 bridgehead atoms. The lowest BCUT2D eigenvalue weighted by Crippen LogP contribution is -2.60. The second kappa shape index (κ2) is 8.37. The number of likely N-dealkylation sites (tertiary alicyclic amines) is 1. The molecule has 2 saturated heterocycles. The third-order valence-electron chi connectivity index (χ3n) is 8.43. The Morgan fingerprint density at radius 1 is 1.00 bits per heavy atom. The fraction of sp³-hybridized carbons (Fsp3) is 0.333. The fourth-order valence-electron chi connectivity index (χ4n) is 6.70. The Kier molecular flexibility index (Phi) is 5.62. The summed E-state index contributed by atoms with van der Waals surface area (Å²) in [5.41, 5.74) is 0.875. The summed E-state index contributed by atoms with van der Waals surface area (Å²) < 4.78 is 15.3. The minimum atomic E-state index is -2.09. The molecule has 196 valence electrons. The molecule has 0 radical (unpaired) electrons. The van der Waals surface area contributed by atoms with Crippen molar-refractivity contribution in [3.05, 3.63) is 70.0 Å². The first kappa shape index (κ1) is 25.5. The van der Waals surface area contributed by atoms with E-state index in [1.54, 1.807) is 30.3 Å². The van der Waals surface area contributed by atoms with Crippen molar-refractivity contribution < 1.29 is 28.7 Å². The summed E-state index contributed by atoms with van der Waals surface area (Å²) >= 11 is 17.4. The molecular formula is C27H20BrCl2FN2O5. The molecule has 2 heterocycles. The quantitative estimate of drug-likeness (QED) is 0.303. The lowest BCUT2D eigenvalue weighted by Gasteiger charge is -2.50. The predicted octanol–water partition coefficient (Wildman–Crippen LogP) is 4.49. The second-order valence-electron chi connectivity index (χ2n) is 10.2. The Morgan fingerprint density at radius 2 is 1.68 bits per heavy atom. The maximum absolute atomic E-state index is 14.6. The van der Waals surface area contributed by atoms with Crippen molar-refractivity contribution >= 4 is 68.4 Å².